The molecule has 0 saturated carbocycles. The minimum absolute atomic E-state index is 0.544. The topological polar surface area (TPSA) is 85.8 Å². The van der Waals surface area contributed by atoms with Crippen LogP contribution in [0.3, 0.4) is 0 Å². The van der Waals surface area contributed by atoms with Crippen LogP contribution in [0.1, 0.15) is 19.3 Å². The molecule has 2 aromatic rings. The number of nitrogens with zero attached hydrogens (tertiary/aromatic N) is 6. The Labute approximate surface area is 119 Å². The van der Waals surface area contributed by atoms with Crippen molar-refractivity contribution in [3.05, 3.63) is 18.5 Å². The van der Waals surface area contributed by atoms with E-state index in [0.717, 1.165) is 24.5 Å². The predicted octanol–water partition coefficient (Wildman–Crippen LogP) is -0.433. The van der Waals surface area contributed by atoms with Gasteiger partial charge in [0.15, 0.2) is 8.96 Å². The Morgan fingerprint density at radius 3 is 2.45 bits per heavy atom. The molecule has 1 aliphatic heterocycles. The van der Waals surface area contributed by atoms with E-state index < -0.39 is 8.96 Å². The first kappa shape index (κ1) is 13.2. The number of aromatic nitrogens is 5. The Bertz CT molecular complexity index is 562. The van der Waals surface area contributed by atoms with Crippen LogP contribution < -0.4 is 15.7 Å². The van der Waals surface area contributed by atoms with Gasteiger partial charge in [-0.05, 0) is 25.3 Å². The Hall–Kier alpha value is -1.80. The van der Waals surface area contributed by atoms with E-state index >= 15 is 0 Å². The van der Waals surface area contributed by atoms with E-state index in [1.807, 2.05) is 6.55 Å². The highest BCUT2D eigenvalue weighted by molar-refractivity contribution is 6.67. The number of nitrogens with two attached hydrogens (primary N) is 1. The highest BCUT2D eigenvalue weighted by Gasteiger charge is 2.21. The summed E-state index contributed by atoms with van der Waals surface area (Å²) in [5.41, 5.74) is 0.830. The zero-order valence-corrected chi connectivity index (χ0v) is 12.8. The van der Waals surface area contributed by atoms with E-state index in [2.05, 4.69) is 25.0 Å². The third-order valence-corrected chi connectivity index (χ3v) is 4.60. The molecule has 7 nitrogen and oxygen atoms in total. The SMILES string of the molecule is C[Si@H](N)c1nc(N2CCCCC2)nn1-c1ncccn1. The molecule has 2 aromatic heterocycles. The van der Waals surface area contributed by atoms with Gasteiger partial charge >= 0.3 is 0 Å². The number of hydrogen-bond acceptors (Lipinski definition) is 6. The molecule has 106 valence electrons. The summed E-state index contributed by atoms with van der Waals surface area (Å²) < 4.78 is 1.71. The number of hydrogen-bond donors (Lipinski definition) is 1. The zero-order valence-electron chi connectivity index (χ0n) is 11.6. The lowest BCUT2D eigenvalue weighted by molar-refractivity contribution is 0.567. The van der Waals surface area contributed by atoms with Gasteiger partial charge in [-0.1, -0.05) is 6.55 Å². The van der Waals surface area contributed by atoms with Gasteiger partial charge in [0.25, 0.3) is 5.95 Å². The minimum atomic E-state index is -1.59. The van der Waals surface area contributed by atoms with E-state index in [1.165, 1.54) is 19.3 Å². The van der Waals surface area contributed by atoms with Crippen molar-refractivity contribution >= 4 is 20.4 Å². The van der Waals surface area contributed by atoms with Gasteiger partial charge < -0.3 is 10.3 Å². The molecule has 1 fully saturated rings. The monoisotopic (exact) mass is 289 g/mol. The molecule has 3 heterocycles. The Morgan fingerprint density at radius 1 is 1.10 bits per heavy atom. The molecule has 0 bridgehead atoms. The van der Waals surface area contributed by atoms with Gasteiger partial charge in [0.05, 0.1) is 0 Å². The summed E-state index contributed by atoms with van der Waals surface area (Å²) in [5, 5.41) is 10.7. The van der Waals surface area contributed by atoms with Crippen molar-refractivity contribution in [1.82, 2.24) is 24.7 Å². The standard InChI is InChI=1S/C12H19N7Si/c1-20(13)12-16-11(18-8-3-2-4-9-18)17-19(12)10-14-6-5-7-15-10/h5-7,20H,2-4,8-9,13H2,1H3/t20-/m0/s1. The van der Waals surface area contributed by atoms with Crippen molar-refractivity contribution in [2.45, 2.75) is 25.8 Å². The first-order valence-corrected chi connectivity index (χ1v) is 9.40. The molecule has 1 atom stereocenters. The molecule has 0 unspecified atom stereocenters. The maximum atomic E-state index is 6.14. The maximum Gasteiger partial charge on any atom is 0.251 e. The van der Waals surface area contributed by atoms with Gasteiger partial charge in [0, 0.05) is 25.5 Å². The van der Waals surface area contributed by atoms with Crippen LogP contribution in [0.4, 0.5) is 5.95 Å². The van der Waals surface area contributed by atoms with Crippen molar-refractivity contribution in [3.63, 3.8) is 0 Å². The summed E-state index contributed by atoms with van der Waals surface area (Å²) in [6.07, 6.45) is 7.09. The molecule has 3 rings (SSSR count). The summed E-state index contributed by atoms with van der Waals surface area (Å²) in [6.45, 7) is 4.06. The van der Waals surface area contributed by atoms with Gasteiger partial charge in [-0.2, -0.15) is 4.68 Å². The smallest absolute Gasteiger partial charge is 0.251 e. The number of rotatable bonds is 3. The Balaban J connectivity index is 1.98. The van der Waals surface area contributed by atoms with Gasteiger partial charge in [-0.3, -0.25) is 0 Å². The molecule has 0 amide bonds. The molecular formula is C12H19N7Si. The van der Waals surface area contributed by atoms with Crippen molar-refractivity contribution in [2.75, 3.05) is 18.0 Å². The summed E-state index contributed by atoms with van der Waals surface area (Å²) in [6, 6.07) is 1.79. The van der Waals surface area contributed by atoms with E-state index in [9.17, 15) is 0 Å². The number of piperidine rings is 1. The van der Waals surface area contributed by atoms with Crippen LogP contribution in [0, 0.1) is 0 Å². The largest absolute Gasteiger partial charge is 0.347 e. The minimum Gasteiger partial charge on any atom is -0.347 e. The van der Waals surface area contributed by atoms with Crippen LogP contribution in [0.25, 0.3) is 5.95 Å². The molecule has 0 aromatic carbocycles. The van der Waals surface area contributed by atoms with Crippen molar-refractivity contribution in [3.8, 4) is 5.95 Å². The Morgan fingerprint density at radius 2 is 1.80 bits per heavy atom. The lowest BCUT2D eigenvalue weighted by Crippen LogP contribution is -2.43. The van der Waals surface area contributed by atoms with Gasteiger partial charge in [-0.25, -0.2) is 15.0 Å². The molecule has 20 heavy (non-hydrogen) atoms. The van der Waals surface area contributed by atoms with Gasteiger partial charge in [-0.15, -0.1) is 5.10 Å². The number of anilines is 1. The van der Waals surface area contributed by atoms with Crippen LogP contribution in [0.2, 0.25) is 6.55 Å². The molecular weight excluding hydrogens is 270 g/mol. The average molecular weight is 289 g/mol. The maximum absolute atomic E-state index is 6.14. The third kappa shape index (κ3) is 2.56. The second-order valence-corrected chi connectivity index (χ2v) is 7.16. The van der Waals surface area contributed by atoms with E-state index in [0.29, 0.717) is 5.95 Å². The quantitative estimate of drug-likeness (QED) is 0.772. The first-order chi connectivity index (χ1) is 9.75. The fraction of sp³-hybridized carbons (Fsp3) is 0.500. The van der Waals surface area contributed by atoms with Crippen LogP contribution in [0.5, 0.6) is 0 Å². The van der Waals surface area contributed by atoms with E-state index in [-0.39, 0.29) is 0 Å². The van der Waals surface area contributed by atoms with E-state index in [1.54, 1.807) is 23.1 Å². The van der Waals surface area contributed by atoms with Crippen molar-refractivity contribution in [2.24, 2.45) is 5.40 Å². The molecule has 1 saturated heterocycles. The van der Waals surface area contributed by atoms with Gasteiger partial charge in [0.1, 0.15) is 5.45 Å². The zero-order chi connectivity index (χ0) is 13.9. The van der Waals surface area contributed by atoms with Crippen molar-refractivity contribution in [1.29, 1.82) is 0 Å². The van der Waals surface area contributed by atoms with E-state index in [4.69, 9.17) is 5.40 Å². The molecule has 0 aliphatic carbocycles. The van der Waals surface area contributed by atoms with Crippen LogP contribution >= 0.6 is 0 Å². The van der Waals surface area contributed by atoms with Crippen LogP contribution in [0.15, 0.2) is 18.5 Å². The molecule has 0 radical (unpaired) electrons. The molecule has 8 heteroatoms. The molecule has 2 N–H and O–H groups in total. The second kappa shape index (κ2) is 5.67. The third-order valence-electron chi connectivity index (χ3n) is 3.41. The average Bonchev–Trinajstić information content (AvgIpc) is 2.94. The summed E-state index contributed by atoms with van der Waals surface area (Å²) >= 11 is 0. The predicted molar refractivity (Wildman–Crippen MR) is 79.8 cm³/mol. The molecule has 0 spiro atoms. The second-order valence-electron chi connectivity index (χ2n) is 5.07. The van der Waals surface area contributed by atoms with Crippen molar-refractivity contribution < 1.29 is 0 Å². The highest BCUT2D eigenvalue weighted by atomic mass is 28.3. The van der Waals surface area contributed by atoms with Gasteiger partial charge in [0.2, 0.25) is 5.95 Å². The van der Waals surface area contributed by atoms with Crippen LogP contribution in [-0.2, 0) is 0 Å². The lowest BCUT2D eigenvalue weighted by atomic mass is 10.1. The molecule has 1 aliphatic rings. The normalized spacial score (nSPS) is 17.2. The summed E-state index contributed by atoms with van der Waals surface area (Å²) in [7, 11) is -1.59. The summed E-state index contributed by atoms with van der Waals surface area (Å²) in [5.74, 6) is 1.31. The fourth-order valence-electron chi connectivity index (χ4n) is 2.38. The Kier molecular flexibility index (Phi) is 3.74. The summed E-state index contributed by atoms with van der Waals surface area (Å²) in [4.78, 5) is 15.4. The first-order valence-electron chi connectivity index (χ1n) is 7.00. The highest BCUT2D eigenvalue weighted by Crippen LogP contribution is 2.15. The fourth-order valence-corrected chi connectivity index (χ4v) is 3.26. The van der Waals surface area contributed by atoms with Crippen LogP contribution in [-0.4, -0.2) is 46.8 Å². The lowest BCUT2D eigenvalue weighted by Gasteiger charge is -2.24.